The molecule has 30 heavy (non-hydrogen) atoms. The fourth-order valence-electron chi connectivity index (χ4n) is 2.66. The van der Waals surface area contributed by atoms with E-state index in [1.807, 2.05) is 18.2 Å². The van der Waals surface area contributed by atoms with Crippen LogP contribution in [-0.2, 0) is 13.2 Å². The van der Waals surface area contributed by atoms with Crippen molar-refractivity contribution >= 4 is 11.9 Å². The maximum Gasteiger partial charge on any atom is 0.310 e. The number of hydrogen-bond acceptors (Lipinski definition) is 8. The normalized spacial score (nSPS) is 10.7. The number of nitro groups is 1. The van der Waals surface area contributed by atoms with Crippen molar-refractivity contribution in [3.63, 3.8) is 0 Å². The van der Waals surface area contributed by atoms with Gasteiger partial charge in [-0.1, -0.05) is 18.2 Å². The molecule has 9 heteroatoms. The average molecular weight is 411 g/mol. The molecule has 0 bridgehead atoms. The third kappa shape index (κ3) is 5.28. The summed E-state index contributed by atoms with van der Waals surface area (Å²) >= 11 is 0. The molecular weight excluding hydrogens is 390 g/mol. The maximum atomic E-state index is 11.0. The fraction of sp³-hybridized carbons (Fsp3) is 0.190. The van der Waals surface area contributed by atoms with E-state index in [1.165, 1.54) is 12.3 Å². The van der Waals surface area contributed by atoms with E-state index in [9.17, 15) is 10.1 Å². The van der Waals surface area contributed by atoms with Crippen LogP contribution < -0.4 is 19.6 Å². The molecule has 1 N–H and O–H groups in total. The summed E-state index contributed by atoms with van der Waals surface area (Å²) in [6.45, 7) is 0.559. The summed E-state index contributed by atoms with van der Waals surface area (Å²) in [5.74, 6) is 2.54. The number of methoxy groups -OCH3 is 2. The van der Waals surface area contributed by atoms with Crippen LogP contribution in [0.15, 0.2) is 64.1 Å². The molecule has 0 amide bonds. The third-order valence-corrected chi connectivity index (χ3v) is 4.13. The van der Waals surface area contributed by atoms with Crippen LogP contribution in [0.25, 0.3) is 0 Å². The molecule has 1 aromatic heterocycles. The molecular formula is C21H21N3O6. The van der Waals surface area contributed by atoms with Crippen LogP contribution in [0.4, 0.5) is 5.69 Å². The number of para-hydroxylation sites is 2. The minimum Gasteiger partial charge on any atom is -0.493 e. The fourth-order valence-corrected chi connectivity index (χ4v) is 2.66. The van der Waals surface area contributed by atoms with Crippen LogP contribution in [0, 0.1) is 10.1 Å². The van der Waals surface area contributed by atoms with Gasteiger partial charge in [0.15, 0.2) is 17.2 Å². The summed E-state index contributed by atoms with van der Waals surface area (Å²) in [4.78, 5) is 10.5. The summed E-state index contributed by atoms with van der Waals surface area (Å²) < 4.78 is 21.6. The van der Waals surface area contributed by atoms with Gasteiger partial charge in [-0.05, 0) is 35.9 Å². The van der Waals surface area contributed by atoms with E-state index in [0.717, 1.165) is 5.56 Å². The van der Waals surface area contributed by atoms with Gasteiger partial charge >= 0.3 is 5.69 Å². The number of nitro benzene ring substituents is 1. The van der Waals surface area contributed by atoms with E-state index in [-0.39, 0.29) is 18.0 Å². The lowest BCUT2D eigenvalue weighted by molar-refractivity contribution is -0.386. The molecule has 3 aromatic rings. The van der Waals surface area contributed by atoms with Crippen molar-refractivity contribution in [3.8, 4) is 17.2 Å². The van der Waals surface area contributed by atoms with Gasteiger partial charge in [0.25, 0.3) is 0 Å². The number of rotatable bonds is 10. The standard InChI is InChI=1S/C21H21N3O6/c1-27-20-10-7-15(11-21(20)28-2)12-22-23-13-16-8-9-17(30-16)14-29-19-6-4-3-5-18(19)24(25)26/h3-11,13,22H,12,14H2,1-2H3/b23-13+. The number of nitrogens with zero attached hydrogens (tertiary/aromatic N) is 2. The highest BCUT2D eigenvalue weighted by molar-refractivity contribution is 5.75. The Morgan fingerprint density at radius 3 is 2.63 bits per heavy atom. The lowest BCUT2D eigenvalue weighted by Crippen LogP contribution is -2.05. The van der Waals surface area contributed by atoms with E-state index in [0.29, 0.717) is 29.6 Å². The second kappa shape index (κ2) is 9.97. The van der Waals surface area contributed by atoms with Gasteiger partial charge in [-0.25, -0.2) is 0 Å². The van der Waals surface area contributed by atoms with Crippen LogP contribution in [0.5, 0.6) is 17.2 Å². The molecule has 0 atom stereocenters. The second-order valence-corrected chi connectivity index (χ2v) is 6.10. The Labute approximate surface area is 173 Å². The zero-order chi connectivity index (χ0) is 21.3. The molecule has 0 saturated heterocycles. The van der Waals surface area contributed by atoms with Gasteiger partial charge in [-0.3, -0.25) is 10.1 Å². The van der Waals surface area contributed by atoms with Crippen LogP contribution in [0.3, 0.4) is 0 Å². The van der Waals surface area contributed by atoms with E-state index in [1.54, 1.807) is 44.6 Å². The van der Waals surface area contributed by atoms with Crippen molar-refractivity contribution in [3.05, 3.63) is 81.8 Å². The Morgan fingerprint density at radius 2 is 1.87 bits per heavy atom. The van der Waals surface area contributed by atoms with E-state index in [2.05, 4.69) is 10.5 Å². The first-order valence-electron chi connectivity index (χ1n) is 9.02. The van der Waals surface area contributed by atoms with Crippen molar-refractivity contribution in [2.45, 2.75) is 13.2 Å². The summed E-state index contributed by atoms with van der Waals surface area (Å²) in [5, 5.41) is 15.2. The number of ether oxygens (including phenoxy) is 3. The predicted octanol–water partition coefficient (Wildman–Crippen LogP) is 3.91. The van der Waals surface area contributed by atoms with Crippen molar-refractivity contribution in [1.29, 1.82) is 0 Å². The highest BCUT2D eigenvalue weighted by Gasteiger charge is 2.14. The lowest BCUT2D eigenvalue weighted by atomic mass is 10.2. The van der Waals surface area contributed by atoms with Crippen molar-refractivity contribution in [1.82, 2.24) is 5.43 Å². The lowest BCUT2D eigenvalue weighted by Gasteiger charge is -2.09. The molecule has 1 heterocycles. The Hall–Kier alpha value is -4.01. The molecule has 156 valence electrons. The van der Waals surface area contributed by atoms with E-state index < -0.39 is 4.92 Å². The molecule has 0 saturated carbocycles. The molecule has 0 aliphatic heterocycles. The first-order valence-corrected chi connectivity index (χ1v) is 9.02. The number of hydrazone groups is 1. The van der Waals surface area contributed by atoms with Crippen molar-refractivity contribution in [2.75, 3.05) is 14.2 Å². The molecule has 0 unspecified atom stereocenters. The highest BCUT2D eigenvalue weighted by atomic mass is 16.6. The van der Waals surface area contributed by atoms with Crippen LogP contribution in [0.2, 0.25) is 0 Å². The van der Waals surface area contributed by atoms with Crippen LogP contribution >= 0.6 is 0 Å². The van der Waals surface area contributed by atoms with Gasteiger partial charge in [0, 0.05) is 6.07 Å². The van der Waals surface area contributed by atoms with Gasteiger partial charge in [-0.2, -0.15) is 5.10 Å². The van der Waals surface area contributed by atoms with Gasteiger partial charge < -0.3 is 24.1 Å². The van der Waals surface area contributed by atoms with Gasteiger partial charge in [0.05, 0.1) is 31.9 Å². The largest absolute Gasteiger partial charge is 0.493 e. The first kappa shape index (κ1) is 20.7. The Balaban J connectivity index is 1.52. The molecule has 0 spiro atoms. The number of nitrogens with one attached hydrogen (secondary N) is 1. The highest BCUT2D eigenvalue weighted by Crippen LogP contribution is 2.28. The monoisotopic (exact) mass is 411 g/mol. The number of benzene rings is 2. The molecule has 0 aliphatic rings. The molecule has 0 fully saturated rings. The smallest absolute Gasteiger partial charge is 0.310 e. The summed E-state index contributed by atoms with van der Waals surface area (Å²) in [5.41, 5.74) is 3.82. The summed E-state index contributed by atoms with van der Waals surface area (Å²) in [7, 11) is 3.17. The topological polar surface area (TPSA) is 108 Å². The van der Waals surface area contributed by atoms with Crippen LogP contribution in [-0.4, -0.2) is 25.4 Å². The molecule has 0 radical (unpaired) electrons. The summed E-state index contributed by atoms with van der Waals surface area (Å²) in [6.07, 6.45) is 1.54. The quantitative estimate of drug-likeness (QED) is 0.306. The number of hydrogen-bond donors (Lipinski definition) is 1. The molecule has 3 rings (SSSR count). The van der Waals surface area contributed by atoms with E-state index in [4.69, 9.17) is 18.6 Å². The minimum absolute atomic E-state index is 0.0672. The average Bonchev–Trinajstić information content (AvgIpc) is 3.23. The molecule has 9 nitrogen and oxygen atoms in total. The van der Waals surface area contributed by atoms with Crippen LogP contribution in [0.1, 0.15) is 17.1 Å². The maximum absolute atomic E-state index is 11.0. The Morgan fingerprint density at radius 1 is 1.07 bits per heavy atom. The predicted molar refractivity (Wildman–Crippen MR) is 110 cm³/mol. The molecule has 2 aromatic carbocycles. The minimum atomic E-state index is -0.486. The zero-order valence-corrected chi connectivity index (χ0v) is 16.5. The Bertz CT molecular complexity index is 1030. The van der Waals surface area contributed by atoms with Gasteiger partial charge in [-0.15, -0.1) is 0 Å². The van der Waals surface area contributed by atoms with E-state index >= 15 is 0 Å². The second-order valence-electron chi connectivity index (χ2n) is 6.10. The van der Waals surface area contributed by atoms with Crippen molar-refractivity contribution < 1.29 is 23.6 Å². The SMILES string of the molecule is COc1ccc(CN/N=C/c2ccc(COc3ccccc3[N+](=O)[O-])o2)cc1OC. The van der Waals surface area contributed by atoms with Gasteiger partial charge in [0.1, 0.15) is 18.1 Å². The zero-order valence-electron chi connectivity index (χ0n) is 16.5. The molecule has 0 aliphatic carbocycles. The third-order valence-electron chi connectivity index (χ3n) is 4.13. The first-order chi connectivity index (χ1) is 14.6. The number of furan rings is 1. The van der Waals surface area contributed by atoms with Gasteiger partial charge in [0.2, 0.25) is 0 Å². The Kier molecular flexibility index (Phi) is 6.88. The summed E-state index contributed by atoms with van der Waals surface area (Å²) in [6, 6.07) is 15.3. The van der Waals surface area contributed by atoms with Crippen molar-refractivity contribution in [2.24, 2.45) is 5.10 Å².